The first-order valence-corrected chi connectivity index (χ1v) is 16.5. The molecule has 3 aromatic carbocycles. The van der Waals surface area contributed by atoms with Gasteiger partial charge in [-0.3, -0.25) is 19.2 Å². The van der Waals surface area contributed by atoms with E-state index in [0.29, 0.717) is 58.7 Å². The second-order valence-electron chi connectivity index (χ2n) is 15.1. The molecule has 2 aliphatic carbocycles. The minimum Gasteiger partial charge on any atom is -0.481 e. The third kappa shape index (κ3) is 6.36. The van der Waals surface area contributed by atoms with Crippen molar-refractivity contribution in [2.24, 2.45) is 23.7 Å². The van der Waals surface area contributed by atoms with Crippen LogP contribution in [0.5, 0.6) is 11.5 Å². The lowest BCUT2D eigenvalue weighted by atomic mass is 9.78. The van der Waals surface area contributed by atoms with Crippen LogP contribution in [0, 0.1) is 23.7 Å². The molecule has 0 radical (unpaired) electrons. The summed E-state index contributed by atoms with van der Waals surface area (Å²) in [5.41, 5.74) is 0.910. The van der Waals surface area contributed by atoms with Gasteiger partial charge in [0.05, 0.1) is 23.7 Å². The quantitative estimate of drug-likeness (QED) is 0.159. The van der Waals surface area contributed by atoms with Crippen molar-refractivity contribution in [3.63, 3.8) is 0 Å². The number of carbonyl (C=O) groups is 4. The van der Waals surface area contributed by atoms with Gasteiger partial charge in [-0.25, -0.2) is 0 Å². The van der Waals surface area contributed by atoms with E-state index in [1.54, 1.807) is 0 Å². The molecule has 2 aliphatic rings. The van der Waals surface area contributed by atoms with Crippen molar-refractivity contribution in [2.45, 2.75) is 104 Å². The molecule has 46 heavy (non-hydrogen) atoms. The van der Waals surface area contributed by atoms with Crippen molar-refractivity contribution in [3.8, 4) is 11.5 Å². The summed E-state index contributed by atoms with van der Waals surface area (Å²) in [7, 11) is 0. The van der Waals surface area contributed by atoms with Crippen LogP contribution in [-0.2, 0) is 30.0 Å². The lowest BCUT2D eigenvalue weighted by Gasteiger charge is -2.30. The number of carboxylic acid groups (broad SMARTS) is 2. The standard InChI is InChI=1S/C38H46O8/c1-37(2,3)27-19-11-17-25-29(27)31(45-35(43)23-15-9-7-13-21(23)33(39)40)26-18-12-20-28(38(4,5)6)30(26)32(25)46-36(44)24-16-10-8-14-22(24)34(41)42/h11-12,17-24H,7-10,13-16H2,1-6H3,(H,39,40)(H,41,42). The van der Waals surface area contributed by atoms with Gasteiger partial charge >= 0.3 is 23.9 Å². The predicted molar refractivity (Wildman–Crippen MR) is 176 cm³/mol. The highest BCUT2D eigenvalue weighted by Crippen LogP contribution is 2.50. The number of esters is 2. The Hall–Kier alpha value is -3.94. The molecule has 2 saturated carbocycles. The Morgan fingerprint density at radius 3 is 1.20 bits per heavy atom. The van der Waals surface area contributed by atoms with Gasteiger partial charge in [0.1, 0.15) is 11.5 Å². The molecule has 0 spiro atoms. The summed E-state index contributed by atoms with van der Waals surface area (Å²) in [5.74, 6) is -5.68. The molecular formula is C38H46O8. The Labute approximate surface area is 270 Å². The molecule has 246 valence electrons. The molecule has 0 aliphatic heterocycles. The maximum absolute atomic E-state index is 14.0. The Kier molecular flexibility index (Phi) is 9.22. The monoisotopic (exact) mass is 630 g/mol. The van der Waals surface area contributed by atoms with Gasteiger partial charge in [0.2, 0.25) is 0 Å². The fourth-order valence-corrected chi connectivity index (χ4v) is 7.47. The topological polar surface area (TPSA) is 127 Å². The molecule has 0 heterocycles. The highest BCUT2D eigenvalue weighted by atomic mass is 16.5. The summed E-state index contributed by atoms with van der Waals surface area (Å²) in [6.07, 6.45) is 4.72. The van der Waals surface area contributed by atoms with Crippen LogP contribution in [0.1, 0.15) is 104 Å². The highest BCUT2D eigenvalue weighted by molar-refractivity contribution is 6.15. The van der Waals surface area contributed by atoms with Gasteiger partial charge in [-0.05, 0) is 47.6 Å². The second kappa shape index (κ2) is 12.7. The van der Waals surface area contributed by atoms with Crippen LogP contribution in [0.3, 0.4) is 0 Å². The largest absolute Gasteiger partial charge is 0.481 e. The SMILES string of the molecule is CC(C)(C)c1cccc2c(OC(=O)C3CCCCC3C(=O)O)c3c(C(C)(C)C)cccc3c(OC(=O)C3CCCCC3C(=O)O)c12. The van der Waals surface area contributed by atoms with E-state index in [2.05, 4.69) is 41.5 Å². The Bertz CT molecular complexity index is 1560. The zero-order chi connectivity index (χ0) is 33.6. The molecule has 2 N–H and O–H groups in total. The van der Waals surface area contributed by atoms with E-state index in [1.165, 1.54) is 0 Å². The molecule has 0 amide bonds. The summed E-state index contributed by atoms with van der Waals surface area (Å²) in [6.45, 7) is 12.3. The summed E-state index contributed by atoms with van der Waals surface area (Å²) in [5, 5.41) is 22.3. The predicted octanol–water partition coefficient (Wildman–Crippen LogP) is 8.18. The lowest BCUT2D eigenvalue weighted by molar-refractivity contribution is -0.154. The normalized spacial score (nSPS) is 22.4. The van der Waals surface area contributed by atoms with E-state index in [4.69, 9.17) is 9.47 Å². The number of carbonyl (C=O) groups excluding carboxylic acids is 2. The molecule has 4 unspecified atom stereocenters. The number of fused-ring (bicyclic) bond motifs is 2. The maximum atomic E-state index is 14.0. The van der Waals surface area contributed by atoms with E-state index < -0.39 is 58.4 Å². The highest BCUT2D eigenvalue weighted by Gasteiger charge is 2.40. The summed E-state index contributed by atoms with van der Waals surface area (Å²) < 4.78 is 12.7. The lowest BCUT2D eigenvalue weighted by Crippen LogP contribution is -2.35. The molecular weight excluding hydrogens is 584 g/mol. The first-order valence-electron chi connectivity index (χ1n) is 16.5. The summed E-state index contributed by atoms with van der Waals surface area (Å²) in [6, 6.07) is 11.4. The summed E-state index contributed by atoms with van der Waals surface area (Å²) >= 11 is 0. The van der Waals surface area contributed by atoms with Crippen LogP contribution in [0.4, 0.5) is 0 Å². The number of ether oxygens (including phenoxy) is 2. The molecule has 5 rings (SSSR count). The number of hydrogen-bond acceptors (Lipinski definition) is 6. The van der Waals surface area contributed by atoms with Crippen molar-refractivity contribution < 1.29 is 38.9 Å². The molecule has 0 bridgehead atoms. The molecule has 2 fully saturated rings. The van der Waals surface area contributed by atoms with Crippen molar-refractivity contribution in [2.75, 3.05) is 0 Å². The van der Waals surface area contributed by atoms with E-state index in [0.717, 1.165) is 36.8 Å². The van der Waals surface area contributed by atoms with E-state index in [-0.39, 0.29) is 0 Å². The van der Waals surface area contributed by atoms with Gasteiger partial charge in [0, 0.05) is 21.5 Å². The fraction of sp³-hybridized carbons (Fsp3) is 0.526. The first kappa shape index (κ1) is 33.4. The zero-order valence-electron chi connectivity index (χ0n) is 27.8. The van der Waals surface area contributed by atoms with Crippen LogP contribution < -0.4 is 9.47 Å². The first-order chi connectivity index (χ1) is 21.6. The number of benzene rings is 3. The minimum absolute atomic E-state index is 0.321. The molecule has 8 nitrogen and oxygen atoms in total. The number of hydrogen-bond donors (Lipinski definition) is 2. The Morgan fingerprint density at radius 2 is 0.891 bits per heavy atom. The van der Waals surface area contributed by atoms with E-state index in [1.807, 2.05) is 36.4 Å². The second-order valence-corrected chi connectivity index (χ2v) is 15.1. The summed E-state index contributed by atoms with van der Waals surface area (Å²) in [4.78, 5) is 52.2. The molecule has 4 atom stereocenters. The number of rotatable bonds is 6. The Morgan fingerprint density at radius 1 is 0.565 bits per heavy atom. The van der Waals surface area contributed by atoms with E-state index >= 15 is 0 Å². The Balaban J connectivity index is 1.80. The van der Waals surface area contributed by atoms with Crippen molar-refractivity contribution >= 4 is 45.4 Å². The maximum Gasteiger partial charge on any atom is 0.315 e. The van der Waals surface area contributed by atoms with Crippen LogP contribution in [-0.4, -0.2) is 34.1 Å². The fourth-order valence-electron chi connectivity index (χ4n) is 7.47. The third-order valence-corrected chi connectivity index (χ3v) is 9.87. The smallest absolute Gasteiger partial charge is 0.315 e. The van der Waals surface area contributed by atoms with Gasteiger partial charge < -0.3 is 19.7 Å². The van der Waals surface area contributed by atoms with Gasteiger partial charge in [0.25, 0.3) is 0 Å². The van der Waals surface area contributed by atoms with Crippen molar-refractivity contribution in [1.82, 2.24) is 0 Å². The van der Waals surface area contributed by atoms with Crippen LogP contribution in [0.15, 0.2) is 36.4 Å². The third-order valence-electron chi connectivity index (χ3n) is 9.87. The van der Waals surface area contributed by atoms with Crippen LogP contribution in [0.2, 0.25) is 0 Å². The van der Waals surface area contributed by atoms with Crippen LogP contribution >= 0.6 is 0 Å². The molecule has 3 aromatic rings. The molecule has 8 heteroatoms. The van der Waals surface area contributed by atoms with Gasteiger partial charge in [-0.1, -0.05) is 104 Å². The average Bonchev–Trinajstić information content (AvgIpc) is 3.00. The minimum atomic E-state index is -0.994. The number of aliphatic carboxylic acids is 2. The van der Waals surface area contributed by atoms with Gasteiger partial charge in [0.15, 0.2) is 0 Å². The van der Waals surface area contributed by atoms with Crippen molar-refractivity contribution in [1.29, 1.82) is 0 Å². The van der Waals surface area contributed by atoms with Gasteiger partial charge in [-0.2, -0.15) is 0 Å². The molecule has 0 saturated heterocycles. The number of carboxylic acids is 2. The molecule has 0 aromatic heterocycles. The van der Waals surface area contributed by atoms with Gasteiger partial charge in [-0.15, -0.1) is 0 Å². The van der Waals surface area contributed by atoms with E-state index in [9.17, 15) is 29.4 Å². The average molecular weight is 631 g/mol. The zero-order valence-corrected chi connectivity index (χ0v) is 27.8. The van der Waals surface area contributed by atoms with Crippen molar-refractivity contribution in [3.05, 3.63) is 47.5 Å². The van der Waals surface area contributed by atoms with Crippen LogP contribution in [0.25, 0.3) is 21.5 Å².